The lowest BCUT2D eigenvalue weighted by Gasteiger charge is -2.15. The molecule has 0 aliphatic heterocycles. The van der Waals surface area contributed by atoms with Crippen molar-refractivity contribution >= 4 is 11.6 Å². The van der Waals surface area contributed by atoms with Crippen molar-refractivity contribution in [1.29, 1.82) is 0 Å². The molecular weight excluding hydrogens is 246 g/mol. The van der Waals surface area contributed by atoms with Crippen molar-refractivity contribution in [3.05, 3.63) is 52.6 Å². The molecule has 0 amide bonds. The van der Waals surface area contributed by atoms with Crippen LogP contribution < -0.4 is 5.73 Å². The summed E-state index contributed by atoms with van der Waals surface area (Å²) in [6.07, 6.45) is 4.82. The first-order chi connectivity index (χ1) is 8.61. The molecule has 1 heterocycles. The third-order valence-corrected chi connectivity index (χ3v) is 3.13. The molecule has 4 heteroatoms. The summed E-state index contributed by atoms with van der Waals surface area (Å²) < 4.78 is 2.10. The number of benzene rings is 1. The van der Waals surface area contributed by atoms with Crippen LogP contribution in [0.1, 0.15) is 36.3 Å². The molecular formula is C14H18ClN3. The Hall–Kier alpha value is -1.32. The van der Waals surface area contributed by atoms with Gasteiger partial charge >= 0.3 is 0 Å². The first-order valence-electron chi connectivity index (χ1n) is 6.15. The van der Waals surface area contributed by atoms with Crippen molar-refractivity contribution in [3.63, 3.8) is 0 Å². The van der Waals surface area contributed by atoms with Gasteiger partial charge in [-0.2, -0.15) is 0 Å². The fourth-order valence-electron chi connectivity index (χ4n) is 2.12. The molecule has 1 aromatic heterocycles. The molecule has 0 radical (unpaired) electrons. The monoisotopic (exact) mass is 263 g/mol. The highest BCUT2D eigenvalue weighted by atomic mass is 35.5. The third-order valence-electron chi connectivity index (χ3n) is 2.91. The molecule has 0 aliphatic rings. The van der Waals surface area contributed by atoms with Gasteiger partial charge in [0.25, 0.3) is 0 Å². The van der Waals surface area contributed by atoms with E-state index in [1.165, 1.54) is 0 Å². The molecule has 0 bridgehead atoms. The molecule has 2 aromatic rings. The highest BCUT2D eigenvalue weighted by Crippen LogP contribution is 2.23. The van der Waals surface area contributed by atoms with E-state index in [9.17, 15) is 0 Å². The lowest BCUT2D eigenvalue weighted by molar-refractivity contribution is 0.613. The molecule has 1 aromatic carbocycles. The highest BCUT2D eigenvalue weighted by molar-refractivity contribution is 6.30. The maximum atomic E-state index is 6.29. The summed E-state index contributed by atoms with van der Waals surface area (Å²) in [7, 11) is 0. The minimum atomic E-state index is -0.232. The molecule has 0 saturated heterocycles. The zero-order valence-electron chi connectivity index (χ0n) is 10.7. The van der Waals surface area contributed by atoms with Crippen molar-refractivity contribution in [2.45, 2.75) is 32.9 Å². The van der Waals surface area contributed by atoms with Crippen LogP contribution in [-0.2, 0) is 6.54 Å². The van der Waals surface area contributed by atoms with Gasteiger partial charge in [0.1, 0.15) is 5.82 Å². The number of hydrogen-bond acceptors (Lipinski definition) is 2. The van der Waals surface area contributed by atoms with Gasteiger partial charge in [-0.25, -0.2) is 4.98 Å². The highest BCUT2D eigenvalue weighted by Gasteiger charge is 2.15. The normalized spacial score (nSPS) is 12.7. The minimum absolute atomic E-state index is 0.232. The third kappa shape index (κ3) is 2.74. The lowest BCUT2D eigenvalue weighted by Crippen LogP contribution is -2.18. The van der Waals surface area contributed by atoms with E-state index in [2.05, 4.69) is 22.5 Å². The van der Waals surface area contributed by atoms with Gasteiger partial charge in [-0.05, 0) is 36.6 Å². The van der Waals surface area contributed by atoms with Crippen LogP contribution in [0.2, 0.25) is 5.02 Å². The lowest BCUT2D eigenvalue weighted by atomic mass is 10.0. The van der Waals surface area contributed by atoms with E-state index in [0.717, 1.165) is 29.9 Å². The summed E-state index contributed by atoms with van der Waals surface area (Å²) in [5, 5.41) is 0.717. The molecule has 1 atom stereocenters. The van der Waals surface area contributed by atoms with E-state index in [1.807, 2.05) is 25.3 Å². The van der Waals surface area contributed by atoms with Crippen molar-refractivity contribution in [1.82, 2.24) is 9.55 Å². The van der Waals surface area contributed by atoms with E-state index >= 15 is 0 Å². The Labute approximate surface area is 113 Å². The zero-order valence-corrected chi connectivity index (χ0v) is 11.5. The largest absolute Gasteiger partial charge is 0.333 e. The summed E-state index contributed by atoms with van der Waals surface area (Å²) in [5.74, 6) is 0.888. The quantitative estimate of drug-likeness (QED) is 0.920. The number of rotatable bonds is 4. The zero-order chi connectivity index (χ0) is 13.1. The minimum Gasteiger partial charge on any atom is -0.333 e. The Morgan fingerprint density at radius 2 is 2.17 bits per heavy atom. The fraction of sp³-hybridized carbons (Fsp3) is 0.357. The van der Waals surface area contributed by atoms with Crippen LogP contribution in [0.25, 0.3) is 0 Å². The number of aryl methyl sites for hydroxylation is 2. The number of aromatic nitrogens is 2. The Morgan fingerprint density at radius 3 is 2.83 bits per heavy atom. The number of hydrogen-bond donors (Lipinski definition) is 1. The number of nitrogens with zero attached hydrogens (tertiary/aromatic N) is 2. The van der Waals surface area contributed by atoms with Gasteiger partial charge in [-0.1, -0.05) is 24.6 Å². The van der Waals surface area contributed by atoms with Gasteiger partial charge in [-0.3, -0.25) is 0 Å². The van der Waals surface area contributed by atoms with Crippen LogP contribution in [0, 0.1) is 6.92 Å². The Balaban J connectivity index is 2.34. The molecule has 1 unspecified atom stereocenters. The first kappa shape index (κ1) is 13.1. The molecule has 18 heavy (non-hydrogen) atoms. The van der Waals surface area contributed by atoms with Gasteiger partial charge in [0.2, 0.25) is 0 Å². The Bertz CT molecular complexity index is 513. The topological polar surface area (TPSA) is 43.8 Å². The van der Waals surface area contributed by atoms with E-state index in [4.69, 9.17) is 17.3 Å². The molecule has 2 N–H and O–H groups in total. The molecule has 0 saturated carbocycles. The second kappa shape index (κ2) is 5.55. The average molecular weight is 264 g/mol. The van der Waals surface area contributed by atoms with Gasteiger partial charge < -0.3 is 10.3 Å². The van der Waals surface area contributed by atoms with Crippen molar-refractivity contribution < 1.29 is 0 Å². The predicted octanol–water partition coefficient (Wildman–Crippen LogP) is 3.30. The SMILES string of the molecule is CCCn1ccnc1C(N)c1cc(C)cc(Cl)c1. The Morgan fingerprint density at radius 1 is 1.39 bits per heavy atom. The smallest absolute Gasteiger partial charge is 0.130 e. The van der Waals surface area contributed by atoms with Gasteiger partial charge in [-0.15, -0.1) is 0 Å². The second-order valence-corrected chi connectivity index (χ2v) is 4.95. The van der Waals surface area contributed by atoms with Crippen LogP contribution in [-0.4, -0.2) is 9.55 Å². The van der Waals surface area contributed by atoms with Crippen LogP contribution in [0.4, 0.5) is 0 Å². The first-order valence-corrected chi connectivity index (χ1v) is 6.53. The maximum Gasteiger partial charge on any atom is 0.130 e. The fourth-order valence-corrected chi connectivity index (χ4v) is 2.42. The molecule has 0 spiro atoms. The standard InChI is InChI=1S/C14H18ClN3/c1-3-5-18-6-4-17-14(18)13(16)11-7-10(2)8-12(15)9-11/h4,6-9,13H,3,5,16H2,1-2H3. The molecule has 2 rings (SSSR count). The number of imidazole rings is 1. The number of halogens is 1. The van der Waals surface area contributed by atoms with Crippen LogP contribution in [0.3, 0.4) is 0 Å². The van der Waals surface area contributed by atoms with E-state index in [-0.39, 0.29) is 6.04 Å². The summed E-state index contributed by atoms with van der Waals surface area (Å²) in [6.45, 7) is 5.09. The molecule has 3 nitrogen and oxygen atoms in total. The average Bonchev–Trinajstić information content (AvgIpc) is 2.75. The van der Waals surface area contributed by atoms with Gasteiger partial charge in [0.05, 0.1) is 6.04 Å². The molecule has 0 fully saturated rings. The summed E-state index contributed by atoms with van der Waals surface area (Å²) in [5.41, 5.74) is 8.40. The van der Waals surface area contributed by atoms with Crippen LogP contribution in [0.5, 0.6) is 0 Å². The van der Waals surface area contributed by atoms with E-state index in [1.54, 1.807) is 6.20 Å². The summed E-state index contributed by atoms with van der Waals surface area (Å²) in [4.78, 5) is 4.37. The predicted molar refractivity (Wildman–Crippen MR) is 74.7 cm³/mol. The molecule has 96 valence electrons. The van der Waals surface area contributed by atoms with E-state index in [0.29, 0.717) is 5.02 Å². The van der Waals surface area contributed by atoms with Crippen LogP contribution in [0.15, 0.2) is 30.6 Å². The van der Waals surface area contributed by atoms with Crippen LogP contribution >= 0.6 is 11.6 Å². The van der Waals surface area contributed by atoms with E-state index < -0.39 is 0 Å². The van der Waals surface area contributed by atoms with Gasteiger partial charge in [0.15, 0.2) is 0 Å². The maximum absolute atomic E-state index is 6.29. The van der Waals surface area contributed by atoms with Crippen molar-refractivity contribution in [2.75, 3.05) is 0 Å². The molecule has 0 aliphatic carbocycles. The Kier molecular flexibility index (Phi) is 4.04. The summed E-state index contributed by atoms with van der Waals surface area (Å²) >= 11 is 6.07. The van der Waals surface area contributed by atoms with Crippen molar-refractivity contribution in [2.24, 2.45) is 5.73 Å². The second-order valence-electron chi connectivity index (χ2n) is 4.52. The van der Waals surface area contributed by atoms with Gasteiger partial charge in [0, 0.05) is 24.0 Å². The number of nitrogens with two attached hydrogens (primary N) is 1. The van der Waals surface area contributed by atoms with Crippen molar-refractivity contribution in [3.8, 4) is 0 Å². The summed E-state index contributed by atoms with van der Waals surface area (Å²) in [6, 6.07) is 5.66.